The second-order valence-electron chi connectivity index (χ2n) is 17.5. The van der Waals surface area contributed by atoms with Crippen molar-refractivity contribution in [2.24, 2.45) is 32.1 Å². The third-order valence-electron chi connectivity index (χ3n) is 10.6. The van der Waals surface area contributed by atoms with Gasteiger partial charge >= 0.3 is 0 Å². The number of nitrogens with zero attached hydrogens (tertiary/aromatic N) is 5. The maximum absolute atomic E-state index is 9.95. The quantitative estimate of drug-likeness (QED) is 0.0657. The first-order valence-corrected chi connectivity index (χ1v) is 25.6. The topological polar surface area (TPSA) is 188 Å². The summed E-state index contributed by atoms with van der Waals surface area (Å²) in [6.07, 6.45) is 31.5. The number of likely N-dealkylation sites (tertiary alicyclic amines) is 1. The van der Waals surface area contributed by atoms with E-state index in [-0.39, 0.29) is 18.3 Å². The lowest BCUT2D eigenvalue weighted by molar-refractivity contribution is -0.116. The molecule has 0 saturated carbocycles. The zero-order valence-electron chi connectivity index (χ0n) is 42.7. The smallest absolute Gasteiger partial charge is 0.187 e. The highest BCUT2D eigenvalue weighted by atomic mass is 16.7. The molecule has 64 heavy (non-hydrogen) atoms. The fourth-order valence-corrected chi connectivity index (χ4v) is 6.73. The van der Waals surface area contributed by atoms with E-state index in [1.165, 1.54) is 129 Å². The fraction of sp³-hybridized carbons (Fsp3) is 0.880. The molecule has 4 unspecified atom stereocenters. The van der Waals surface area contributed by atoms with Crippen molar-refractivity contribution in [2.45, 2.75) is 241 Å². The molecule has 0 amide bonds. The maximum atomic E-state index is 9.95. The van der Waals surface area contributed by atoms with Crippen molar-refractivity contribution in [3.05, 3.63) is 0 Å². The van der Waals surface area contributed by atoms with E-state index < -0.39 is 0 Å². The number of oxime groups is 4. The molecule has 5 heterocycles. The van der Waals surface area contributed by atoms with Crippen molar-refractivity contribution < 1.29 is 28.9 Å². The number of piperidine rings is 1. The maximum Gasteiger partial charge on any atom is 0.187 e. The Morgan fingerprint density at radius 1 is 0.562 bits per heavy atom. The summed E-state index contributed by atoms with van der Waals surface area (Å²) in [5.41, 5.74) is 14.8. The van der Waals surface area contributed by atoms with Crippen LogP contribution in [0.4, 0.5) is 0 Å². The Kier molecular flexibility index (Phi) is 47.4. The summed E-state index contributed by atoms with van der Waals surface area (Å²) < 4.78 is 0. The highest BCUT2D eigenvalue weighted by Gasteiger charge is 2.22. The average Bonchev–Trinajstić information content (AvgIpc) is 4.13. The molecule has 376 valence electrons. The van der Waals surface area contributed by atoms with Gasteiger partial charge in [-0.3, -0.25) is 9.69 Å². The third kappa shape index (κ3) is 41.7. The molecule has 0 radical (unpaired) electrons. The summed E-state index contributed by atoms with van der Waals surface area (Å²) in [6.45, 7) is 25.9. The Balaban J connectivity index is 0. The Morgan fingerprint density at radius 2 is 1.02 bits per heavy atom. The van der Waals surface area contributed by atoms with Crippen LogP contribution in [0.5, 0.6) is 0 Å². The number of carbonyl (C=O) groups is 2. The minimum atomic E-state index is -0.310. The second kappa shape index (κ2) is 48.0. The normalized spacial score (nSPS) is 20.4. The summed E-state index contributed by atoms with van der Waals surface area (Å²) in [6, 6.07) is 0. The van der Waals surface area contributed by atoms with Gasteiger partial charge < -0.3 is 40.9 Å². The number of nitrogens with two attached hydrogens (primary N) is 2. The van der Waals surface area contributed by atoms with Crippen LogP contribution in [0.25, 0.3) is 0 Å². The standard InChI is InChI=1S/C11H22N2O.C10H18N2O.C7H16.C6H15N.C6H12O.C5H10N2O.C5H7NO2/c1-3-4-5-6-7-12-9-11-8-10(2)13-14-11;1-9-7-10(13-11-9)8-12-5-3-2-4-6-12;1-3-5-7-6-4-2;2*1-2-3-4-5-6-7;1-4-2-5(3-6)8-7-4;1-4-2-5(3-7)8-6-4/h11-12H,3-9H2,1-2H3;10H,2-8H2,1H3;3-7H2,1-2H3;2-7H2,1H3;6H,2-5H2,1H3;5H,2-3,6H2,1H3;3,5H,2H2,1H3. The lowest BCUT2D eigenvalue weighted by Crippen LogP contribution is -2.36. The molecule has 4 atom stereocenters. The molecule has 0 aliphatic carbocycles. The van der Waals surface area contributed by atoms with Gasteiger partial charge in [-0.05, 0) is 86.0 Å². The van der Waals surface area contributed by atoms with Crippen molar-refractivity contribution in [1.82, 2.24) is 10.2 Å². The molecule has 0 aromatic carbocycles. The first-order chi connectivity index (χ1) is 31.1. The highest BCUT2D eigenvalue weighted by molar-refractivity contribution is 5.86. The van der Waals surface area contributed by atoms with Crippen LogP contribution >= 0.6 is 0 Å². The molecule has 1 fully saturated rings. The summed E-state index contributed by atoms with van der Waals surface area (Å²) >= 11 is 0. The number of hydrogen-bond acceptors (Lipinski definition) is 14. The van der Waals surface area contributed by atoms with Crippen molar-refractivity contribution >= 4 is 35.4 Å². The Morgan fingerprint density at radius 3 is 1.41 bits per heavy atom. The van der Waals surface area contributed by atoms with E-state index in [9.17, 15) is 9.59 Å². The summed E-state index contributed by atoms with van der Waals surface area (Å²) in [4.78, 5) is 42.2. The van der Waals surface area contributed by atoms with E-state index >= 15 is 0 Å². The molecule has 5 N–H and O–H groups in total. The van der Waals surface area contributed by atoms with E-state index in [4.69, 9.17) is 26.0 Å². The number of aldehydes is 2. The van der Waals surface area contributed by atoms with Gasteiger partial charge in [0.05, 0.1) is 22.8 Å². The van der Waals surface area contributed by atoms with Crippen LogP contribution in [0.3, 0.4) is 0 Å². The van der Waals surface area contributed by atoms with Crippen LogP contribution < -0.4 is 16.8 Å². The molecule has 0 spiro atoms. The first-order valence-electron chi connectivity index (χ1n) is 25.6. The monoisotopic (exact) mass is 909 g/mol. The summed E-state index contributed by atoms with van der Waals surface area (Å²) in [7, 11) is 0. The average molecular weight is 909 g/mol. The molecule has 14 heteroatoms. The minimum absolute atomic E-state index is 0.148. The van der Waals surface area contributed by atoms with Crippen molar-refractivity contribution in [3.63, 3.8) is 0 Å². The zero-order valence-corrected chi connectivity index (χ0v) is 42.7. The highest BCUT2D eigenvalue weighted by Crippen LogP contribution is 2.15. The zero-order chi connectivity index (χ0) is 47.9. The van der Waals surface area contributed by atoms with Gasteiger partial charge in [0.2, 0.25) is 0 Å². The Labute approximate surface area is 392 Å². The van der Waals surface area contributed by atoms with E-state index in [2.05, 4.69) is 70.3 Å². The molecule has 0 aromatic heterocycles. The lowest BCUT2D eigenvalue weighted by atomic mass is 10.1. The van der Waals surface area contributed by atoms with Crippen LogP contribution in [0.1, 0.15) is 216 Å². The lowest BCUT2D eigenvalue weighted by Gasteiger charge is -2.27. The predicted molar refractivity (Wildman–Crippen MR) is 271 cm³/mol. The Hall–Kier alpha value is -2.94. The van der Waals surface area contributed by atoms with Gasteiger partial charge in [0, 0.05) is 51.7 Å². The van der Waals surface area contributed by atoms with E-state index in [0.29, 0.717) is 19.1 Å². The van der Waals surface area contributed by atoms with Crippen LogP contribution in [0, 0.1) is 0 Å². The van der Waals surface area contributed by atoms with Gasteiger partial charge in [0.25, 0.3) is 0 Å². The van der Waals surface area contributed by atoms with Crippen molar-refractivity contribution in [3.8, 4) is 0 Å². The molecule has 0 aromatic rings. The minimum Gasteiger partial charge on any atom is -0.391 e. The molecule has 1 saturated heterocycles. The second-order valence-corrected chi connectivity index (χ2v) is 17.5. The van der Waals surface area contributed by atoms with Gasteiger partial charge in [-0.2, -0.15) is 0 Å². The van der Waals surface area contributed by atoms with E-state index in [0.717, 1.165) is 93.7 Å². The molecular weight excluding hydrogens is 809 g/mol. The number of hydrogen-bond donors (Lipinski definition) is 3. The van der Waals surface area contributed by atoms with Crippen LogP contribution in [0.2, 0.25) is 0 Å². The number of unbranched alkanes of at least 4 members (excludes halogenated alkanes) is 13. The van der Waals surface area contributed by atoms with Gasteiger partial charge in [-0.1, -0.05) is 145 Å². The molecule has 14 nitrogen and oxygen atoms in total. The van der Waals surface area contributed by atoms with Crippen LogP contribution in [-0.2, 0) is 28.9 Å². The molecular formula is C50H100N8O6. The molecule has 5 rings (SSSR count). The predicted octanol–water partition coefficient (Wildman–Crippen LogP) is 10.7. The van der Waals surface area contributed by atoms with Crippen molar-refractivity contribution in [1.29, 1.82) is 0 Å². The Bertz CT molecular complexity index is 1160. The first kappa shape index (κ1) is 63.1. The van der Waals surface area contributed by atoms with Gasteiger partial charge in [-0.15, -0.1) is 0 Å². The summed E-state index contributed by atoms with van der Waals surface area (Å²) in [5, 5.41) is 18.6. The van der Waals surface area contributed by atoms with Crippen molar-refractivity contribution in [2.75, 3.05) is 45.8 Å². The fourth-order valence-electron chi connectivity index (χ4n) is 6.73. The number of rotatable bonds is 23. The van der Waals surface area contributed by atoms with Gasteiger partial charge in [0.15, 0.2) is 12.4 Å². The van der Waals surface area contributed by atoms with E-state index in [1.807, 2.05) is 27.7 Å². The van der Waals surface area contributed by atoms with Crippen LogP contribution in [-0.4, -0.2) is 111 Å². The number of nitrogens with one attached hydrogen (secondary N) is 1. The SMILES string of the molecule is CC1=NOC(C=O)C1.CC1=NOC(CN)C1.CC1=NOC(CN2CCCCC2)C1.CCCCCC=O.CCCCCCC.CCCCCCN.CCCCCCNCC1CC(C)=NO1. The summed E-state index contributed by atoms with van der Waals surface area (Å²) in [5.74, 6) is 0. The van der Waals surface area contributed by atoms with E-state index in [1.54, 1.807) is 0 Å². The van der Waals surface area contributed by atoms with Gasteiger partial charge in [-0.25, -0.2) is 0 Å². The van der Waals surface area contributed by atoms with Gasteiger partial charge in [0.1, 0.15) is 24.6 Å². The van der Waals surface area contributed by atoms with Crippen LogP contribution in [0.15, 0.2) is 20.6 Å². The molecule has 0 bridgehead atoms. The molecule has 5 aliphatic rings. The largest absolute Gasteiger partial charge is 0.391 e. The third-order valence-corrected chi connectivity index (χ3v) is 10.6. The number of carbonyl (C=O) groups excluding carboxylic acids is 2. The molecule has 5 aliphatic heterocycles.